The van der Waals surface area contributed by atoms with Crippen LogP contribution in [0.15, 0.2) is 48.5 Å². The first-order valence-electron chi connectivity index (χ1n) is 6.51. The van der Waals surface area contributed by atoms with E-state index in [4.69, 9.17) is 9.47 Å². The number of rotatable bonds is 4. The summed E-state index contributed by atoms with van der Waals surface area (Å²) in [6.07, 6.45) is 0. The number of benzene rings is 2. The molecule has 0 aromatic heterocycles. The molecule has 2 aromatic carbocycles. The highest BCUT2D eigenvalue weighted by atomic mass is 16.7. The fourth-order valence-corrected chi connectivity index (χ4v) is 2.18. The van der Waals surface area contributed by atoms with Crippen molar-refractivity contribution in [2.24, 2.45) is 0 Å². The van der Waals surface area contributed by atoms with Gasteiger partial charge in [0.15, 0.2) is 11.5 Å². The Morgan fingerprint density at radius 2 is 1.84 bits per heavy atom. The molecule has 3 rings (SSSR count). The monoisotopic (exact) mass is 255 g/mol. The highest BCUT2D eigenvalue weighted by molar-refractivity contribution is 5.55. The molecule has 3 heteroatoms. The van der Waals surface area contributed by atoms with Crippen LogP contribution in [0.1, 0.15) is 18.4 Å². The molecule has 2 aromatic rings. The van der Waals surface area contributed by atoms with Crippen LogP contribution in [0.3, 0.4) is 0 Å². The van der Waals surface area contributed by atoms with E-state index in [1.54, 1.807) is 0 Å². The van der Waals surface area contributed by atoms with E-state index in [2.05, 4.69) is 36.5 Å². The molecule has 0 saturated heterocycles. The molecule has 0 spiro atoms. The Kier molecular flexibility index (Phi) is 3.27. The van der Waals surface area contributed by atoms with Gasteiger partial charge in [0.25, 0.3) is 0 Å². The first kappa shape index (κ1) is 11.9. The second-order valence-corrected chi connectivity index (χ2v) is 4.76. The Labute approximate surface area is 113 Å². The molecule has 0 saturated carbocycles. The van der Waals surface area contributed by atoms with Crippen molar-refractivity contribution in [3.8, 4) is 11.5 Å². The van der Waals surface area contributed by atoms with E-state index in [-0.39, 0.29) is 0 Å². The molecule has 1 unspecified atom stereocenters. The fraction of sp³-hybridized carbons (Fsp3) is 0.250. The summed E-state index contributed by atoms with van der Waals surface area (Å²) in [5.41, 5.74) is 2.41. The van der Waals surface area contributed by atoms with Gasteiger partial charge in [0, 0.05) is 18.3 Å². The summed E-state index contributed by atoms with van der Waals surface area (Å²) in [6, 6.07) is 16.5. The summed E-state index contributed by atoms with van der Waals surface area (Å²) in [6.45, 7) is 3.43. The SMILES string of the molecule is CC(CNc1ccc2c(c1)OCO2)c1ccccc1. The molecule has 1 aliphatic heterocycles. The van der Waals surface area contributed by atoms with Crippen LogP contribution in [0.2, 0.25) is 0 Å². The zero-order valence-electron chi connectivity index (χ0n) is 10.9. The summed E-state index contributed by atoms with van der Waals surface area (Å²) in [7, 11) is 0. The molecule has 1 atom stereocenters. The second kappa shape index (κ2) is 5.22. The van der Waals surface area contributed by atoms with E-state index in [1.165, 1.54) is 5.56 Å². The van der Waals surface area contributed by atoms with Gasteiger partial charge < -0.3 is 14.8 Å². The average Bonchev–Trinajstić information content (AvgIpc) is 2.93. The van der Waals surface area contributed by atoms with Crippen LogP contribution in [-0.4, -0.2) is 13.3 Å². The van der Waals surface area contributed by atoms with Gasteiger partial charge in [0.2, 0.25) is 6.79 Å². The van der Waals surface area contributed by atoms with Gasteiger partial charge in [-0.15, -0.1) is 0 Å². The lowest BCUT2D eigenvalue weighted by atomic mass is 10.0. The van der Waals surface area contributed by atoms with Crippen LogP contribution in [0, 0.1) is 0 Å². The largest absolute Gasteiger partial charge is 0.454 e. The van der Waals surface area contributed by atoms with E-state index in [1.807, 2.05) is 24.3 Å². The lowest BCUT2D eigenvalue weighted by Crippen LogP contribution is -2.09. The molecule has 0 amide bonds. The van der Waals surface area contributed by atoms with E-state index >= 15 is 0 Å². The molecule has 19 heavy (non-hydrogen) atoms. The van der Waals surface area contributed by atoms with E-state index in [0.717, 1.165) is 23.7 Å². The zero-order valence-corrected chi connectivity index (χ0v) is 10.9. The zero-order chi connectivity index (χ0) is 13.1. The molecule has 1 N–H and O–H groups in total. The van der Waals surface area contributed by atoms with Crippen LogP contribution < -0.4 is 14.8 Å². The van der Waals surface area contributed by atoms with Crippen LogP contribution in [0.5, 0.6) is 11.5 Å². The van der Waals surface area contributed by atoms with Gasteiger partial charge in [0.05, 0.1) is 0 Å². The lowest BCUT2D eigenvalue weighted by Gasteiger charge is -2.14. The molecule has 0 fully saturated rings. The van der Waals surface area contributed by atoms with Crippen molar-refractivity contribution in [2.75, 3.05) is 18.7 Å². The Morgan fingerprint density at radius 1 is 1.05 bits per heavy atom. The first-order chi connectivity index (χ1) is 9.33. The molecule has 1 heterocycles. The summed E-state index contributed by atoms with van der Waals surface area (Å²) >= 11 is 0. The van der Waals surface area contributed by atoms with Crippen LogP contribution in [0.4, 0.5) is 5.69 Å². The average molecular weight is 255 g/mol. The van der Waals surface area contributed by atoms with Gasteiger partial charge in [-0.1, -0.05) is 37.3 Å². The Hall–Kier alpha value is -2.16. The lowest BCUT2D eigenvalue weighted by molar-refractivity contribution is 0.174. The smallest absolute Gasteiger partial charge is 0.231 e. The predicted molar refractivity (Wildman–Crippen MR) is 75.9 cm³/mol. The van der Waals surface area contributed by atoms with Crippen LogP contribution in [0.25, 0.3) is 0 Å². The third-order valence-electron chi connectivity index (χ3n) is 3.35. The van der Waals surface area contributed by atoms with Crippen LogP contribution >= 0.6 is 0 Å². The summed E-state index contributed by atoms with van der Waals surface area (Å²) in [5, 5.41) is 3.44. The molecular formula is C16H17NO2. The van der Waals surface area contributed by atoms with Gasteiger partial charge in [0.1, 0.15) is 0 Å². The Balaban J connectivity index is 1.63. The molecule has 0 radical (unpaired) electrons. The van der Waals surface area contributed by atoms with Gasteiger partial charge >= 0.3 is 0 Å². The minimum atomic E-state index is 0.319. The highest BCUT2D eigenvalue weighted by Crippen LogP contribution is 2.34. The number of hydrogen-bond donors (Lipinski definition) is 1. The maximum absolute atomic E-state index is 5.37. The third kappa shape index (κ3) is 2.65. The number of fused-ring (bicyclic) bond motifs is 1. The Morgan fingerprint density at radius 3 is 2.68 bits per heavy atom. The molecule has 0 aliphatic carbocycles. The van der Waals surface area contributed by atoms with Gasteiger partial charge in [-0.2, -0.15) is 0 Å². The quantitative estimate of drug-likeness (QED) is 0.905. The first-order valence-corrected chi connectivity index (χ1v) is 6.51. The second-order valence-electron chi connectivity index (χ2n) is 4.76. The molecule has 1 aliphatic rings. The Bertz CT molecular complexity index is 554. The molecule has 98 valence electrons. The number of nitrogens with one attached hydrogen (secondary N) is 1. The minimum absolute atomic E-state index is 0.319. The fourth-order valence-electron chi connectivity index (χ4n) is 2.18. The van der Waals surface area contributed by atoms with Crippen molar-refractivity contribution in [1.29, 1.82) is 0 Å². The van der Waals surface area contributed by atoms with Crippen molar-refractivity contribution >= 4 is 5.69 Å². The normalized spacial score (nSPS) is 14.2. The van der Waals surface area contributed by atoms with Gasteiger partial charge in [-0.3, -0.25) is 0 Å². The maximum Gasteiger partial charge on any atom is 0.231 e. The van der Waals surface area contributed by atoms with E-state index in [9.17, 15) is 0 Å². The summed E-state index contributed by atoms with van der Waals surface area (Å²) in [5.74, 6) is 2.10. The minimum Gasteiger partial charge on any atom is -0.454 e. The van der Waals surface area contributed by atoms with Crippen molar-refractivity contribution in [3.63, 3.8) is 0 Å². The van der Waals surface area contributed by atoms with Crippen molar-refractivity contribution in [3.05, 3.63) is 54.1 Å². The van der Waals surface area contributed by atoms with Crippen molar-refractivity contribution < 1.29 is 9.47 Å². The number of hydrogen-bond acceptors (Lipinski definition) is 3. The number of ether oxygens (including phenoxy) is 2. The standard InChI is InChI=1S/C16H17NO2/c1-12(13-5-3-2-4-6-13)10-17-14-7-8-15-16(9-14)19-11-18-15/h2-9,12,17H,10-11H2,1H3. The maximum atomic E-state index is 5.37. The predicted octanol–water partition coefficient (Wildman–Crippen LogP) is 3.63. The van der Waals surface area contributed by atoms with Gasteiger partial charge in [-0.05, 0) is 23.6 Å². The van der Waals surface area contributed by atoms with E-state index < -0.39 is 0 Å². The summed E-state index contributed by atoms with van der Waals surface area (Å²) < 4.78 is 10.7. The molecule has 0 bridgehead atoms. The van der Waals surface area contributed by atoms with E-state index in [0.29, 0.717) is 12.7 Å². The van der Waals surface area contributed by atoms with Gasteiger partial charge in [-0.25, -0.2) is 0 Å². The summed E-state index contributed by atoms with van der Waals surface area (Å²) in [4.78, 5) is 0. The topological polar surface area (TPSA) is 30.5 Å². The van der Waals surface area contributed by atoms with Crippen molar-refractivity contribution in [2.45, 2.75) is 12.8 Å². The number of anilines is 1. The van der Waals surface area contributed by atoms with Crippen molar-refractivity contribution in [1.82, 2.24) is 0 Å². The highest BCUT2D eigenvalue weighted by Gasteiger charge is 2.13. The molecular weight excluding hydrogens is 238 g/mol. The molecule has 3 nitrogen and oxygen atoms in total. The third-order valence-corrected chi connectivity index (χ3v) is 3.35. The van der Waals surface area contributed by atoms with Crippen LogP contribution in [-0.2, 0) is 0 Å².